The summed E-state index contributed by atoms with van der Waals surface area (Å²) < 4.78 is 2.76. The maximum atomic E-state index is 4.42. The number of para-hydroxylation sites is 2. The number of anilines is 1. The van der Waals surface area contributed by atoms with Crippen LogP contribution in [0.3, 0.4) is 0 Å². The van der Waals surface area contributed by atoms with Crippen LogP contribution in [0.1, 0.15) is 94.5 Å². The summed E-state index contributed by atoms with van der Waals surface area (Å²) in [6, 6.07) is 41.2. The lowest BCUT2D eigenvalue weighted by atomic mass is 9.72. The summed E-state index contributed by atoms with van der Waals surface area (Å²) in [7, 11) is 0. The third-order valence-corrected chi connectivity index (χ3v) is 13.5. The Kier molecular flexibility index (Phi) is 7.60. The topological polar surface area (TPSA) is 20.2 Å². The second kappa shape index (κ2) is 12.0. The van der Waals surface area contributed by atoms with Crippen LogP contribution in [0.2, 0.25) is 0 Å². The van der Waals surface area contributed by atoms with Gasteiger partial charge in [-0.25, -0.2) is 0 Å². The largest absolute Gasteiger partial charge is 0.355 e. The van der Waals surface area contributed by atoms with E-state index < -0.39 is 0 Å². The summed E-state index contributed by atoms with van der Waals surface area (Å²) in [4.78, 5) is 2.83. The van der Waals surface area contributed by atoms with Crippen molar-refractivity contribution in [3.05, 3.63) is 161 Å². The van der Waals surface area contributed by atoms with Crippen molar-refractivity contribution in [2.75, 3.05) is 4.90 Å². The first-order chi connectivity index (χ1) is 24.7. The molecular formula is C48H51N3. The molecule has 0 spiro atoms. The van der Waals surface area contributed by atoms with Gasteiger partial charge in [0.1, 0.15) is 0 Å². The van der Waals surface area contributed by atoms with Crippen LogP contribution in [0.5, 0.6) is 0 Å². The third kappa shape index (κ3) is 4.81. The first kappa shape index (κ1) is 32.3. The van der Waals surface area contributed by atoms with Gasteiger partial charge in [-0.15, -0.1) is 0 Å². The van der Waals surface area contributed by atoms with Gasteiger partial charge >= 0.3 is 0 Å². The fraction of sp³-hybridized carbons (Fsp3) is 0.333. The van der Waals surface area contributed by atoms with Crippen molar-refractivity contribution in [1.82, 2.24) is 9.88 Å². The molecule has 0 amide bonds. The Morgan fingerprint density at radius 3 is 2.25 bits per heavy atom. The Morgan fingerprint density at radius 1 is 0.784 bits per heavy atom. The minimum atomic E-state index is -0.302. The molecular weight excluding hydrogens is 619 g/mol. The number of nitrogens with one attached hydrogen (secondary N) is 1. The highest BCUT2D eigenvalue weighted by atomic mass is 15.3. The highest BCUT2D eigenvalue weighted by Gasteiger charge is 2.54. The molecule has 9 rings (SSSR count). The third-order valence-electron chi connectivity index (χ3n) is 13.5. The van der Waals surface area contributed by atoms with Crippen LogP contribution >= 0.6 is 0 Å². The van der Waals surface area contributed by atoms with Gasteiger partial charge in [0.2, 0.25) is 0 Å². The van der Waals surface area contributed by atoms with Crippen molar-refractivity contribution in [3.8, 4) is 0 Å². The van der Waals surface area contributed by atoms with E-state index in [2.05, 4.69) is 190 Å². The molecule has 258 valence electrons. The molecule has 3 nitrogen and oxygen atoms in total. The molecule has 3 heteroatoms. The van der Waals surface area contributed by atoms with Crippen LogP contribution < -0.4 is 10.2 Å². The molecule has 4 aromatic carbocycles. The summed E-state index contributed by atoms with van der Waals surface area (Å²) in [5.41, 5.74) is 12.0. The van der Waals surface area contributed by atoms with Crippen molar-refractivity contribution in [3.63, 3.8) is 0 Å². The van der Waals surface area contributed by atoms with Gasteiger partial charge in [0.15, 0.2) is 0 Å². The second-order valence-electron chi connectivity index (χ2n) is 16.4. The van der Waals surface area contributed by atoms with E-state index in [0.717, 1.165) is 12.8 Å². The molecule has 0 saturated carbocycles. The smallest absolute Gasteiger partial charge is 0.0913 e. The molecule has 0 saturated heterocycles. The summed E-state index contributed by atoms with van der Waals surface area (Å²) in [5, 5.41) is 5.76. The van der Waals surface area contributed by atoms with Crippen LogP contribution in [0.15, 0.2) is 133 Å². The average molecular weight is 670 g/mol. The summed E-state index contributed by atoms with van der Waals surface area (Å²) >= 11 is 0. The van der Waals surface area contributed by atoms with E-state index in [1.807, 2.05) is 0 Å². The van der Waals surface area contributed by atoms with Crippen molar-refractivity contribution in [2.45, 2.75) is 83.6 Å². The normalized spacial score (nSPS) is 31.4. The number of rotatable bonds is 4. The molecule has 0 radical (unpaired) electrons. The Hall–Kier alpha value is -4.60. The zero-order valence-corrected chi connectivity index (χ0v) is 31.0. The molecule has 1 aromatic heterocycles. The van der Waals surface area contributed by atoms with E-state index >= 15 is 0 Å². The molecule has 8 unspecified atom stereocenters. The minimum absolute atomic E-state index is 0.0182. The zero-order valence-electron chi connectivity index (χ0n) is 31.0. The van der Waals surface area contributed by atoms with Gasteiger partial charge in [-0.2, -0.15) is 0 Å². The number of nitrogens with zero attached hydrogens (tertiary/aromatic N) is 2. The minimum Gasteiger partial charge on any atom is -0.355 e. The first-order valence-corrected chi connectivity index (χ1v) is 19.2. The molecule has 3 heterocycles. The Balaban J connectivity index is 1.32. The number of aromatic nitrogens is 1. The molecule has 0 fully saturated rings. The fourth-order valence-corrected chi connectivity index (χ4v) is 10.2. The van der Waals surface area contributed by atoms with Gasteiger partial charge < -0.3 is 9.47 Å². The predicted molar refractivity (Wildman–Crippen MR) is 215 cm³/mol. The van der Waals surface area contributed by atoms with Gasteiger partial charge in [-0.3, -0.25) is 5.32 Å². The molecule has 0 bridgehead atoms. The molecule has 2 aliphatic carbocycles. The standard InChI is InChI=1S/C48H51N3/c1-31-18-17-27-41(32(31)2)50-43-26-16-14-24-40(43)47(5)29-28-38-37-23-13-15-25-42(37)51(44(38)45(47)50)46-34(4)33(3)39(35-19-9-7-10-20-35)30-48(6,49-46)36-21-11-8-12-22-36/h7-17,19-29,31-32,34,41,45-46,49H,18,30H2,1-6H3. The lowest BCUT2D eigenvalue weighted by molar-refractivity contribution is 0.228. The molecule has 1 N–H and O–H groups in total. The van der Waals surface area contributed by atoms with Crippen molar-refractivity contribution < 1.29 is 0 Å². The lowest BCUT2D eigenvalue weighted by Crippen LogP contribution is -2.49. The molecule has 5 aromatic rings. The van der Waals surface area contributed by atoms with Crippen LogP contribution in [-0.4, -0.2) is 10.6 Å². The van der Waals surface area contributed by atoms with E-state index in [1.54, 1.807) is 0 Å². The summed E-state index contributed by atoms with van der Waals surface area (Å²) in [6.45, 7) is 14.7. The highest BCUT2D eigenvalue weighted by molar-refractivity contribution is 5.94. The summed E-state index contributed by atoms with van der Waals surface area (Å²) in [6.07, 6.45) is 12.0. The van der Waals surface area contributed by atoms with E-state index in [9.17, 15) is 0 Å². The van der Waals surface area contributed by atoms with E-state index in [0.29, 0.717) is 17.9 Å². The Bertz CT molecular complexity index is 2210. The SMILES string of the molecule is CC1=C(c2ccccc2)CC(C)(c2ccccc2)NC(n2c3c(c4ccccc42)C=CC2(C)c4ccccc4N(C4C=CCC(C)C4C)C32)C1C. The van der Waals surface area contributed by atoms with E-state index in [4.69, 9.17) is 0 Å². The van der Waals surface area contributed by atoms with Gasteiger partial charge in [-0.05, 0) is 79.8 Å². The Labute approximate surface area is 304 Å². The zero-order chi connectivity index (χ0) is 35.1. The van der Waals surface area contributed by atoms with Gasteiger partial charge in [-0.1, -0.05) is 148 Å². The monoisotopic (exact) mass is 669 g/mol. The predicted octanol–water partition coefficient (Wildman–Crippen LogP) is 11.6. The van der Waals surface area contributed by atoms with Crippen molar-refractivity contribution >= 4 is 28.2 Å². The van der Waals surface area contributed by atoms with E-state index in [1.165, 1.54) is 55.7 Å². The highest BCUT2D eigenvalue weighted by Crippen LogP contribution is 2.60. The fourth-order valence-electron chi connectivity index (χ4n) is 10.2. The number of benzene rings is 4. The van der Waals surface area contributed by atoms with Gasteiger partial charge in [0, 0.05) is 33.5 Å². The van der Waals surface area contributed by atoms with E-state index in [-0.39, 0.29) is 29.1 Å². The maximum Gasteiger partial charge on any atom is 0.0913 e. The lowest BCUT2D eigenvalue weighted by Gasteiger charge is -2.46. The Morgan fingerprint density at radius 2 is 1.47 bits per heavy atom. The number of hydrogen-bond donors (Lipinski definition) is 1. The maximum absolute atomic E-state index is 4.42. The average Bonchev–Trinajstić information content (AvgIpc) is 3.60. The second-order valence-corrected chi connectivity index (χ2v) is 16.4. The molecule has 2 aliphatic heterocycles. The first-order valence-electron chi connectivity index (χ1n) is 19.2. The van der Waals surface area contributed by atoms with Gasteiger partial charge in [0.05, 0.1) is 29.5 Å². The summed E-state index contributed by atoms with van der Waals surface area (Å²) in [5.74, 6) is 1.39. The van der Waals surface area contributed by atoms with Gasteiger partial charge in [0.25, 0.3) is 0 Å². The van der Waals surface area contributed by atoms with Crippen molar-refractivity contribution in [2.24, 2.45) is 17.8 Å². The van der Waals surface area contributed by atoms with Crippen LogP contribution in [0.25, 0.3) is 22.6 Å². The quantitative estimate of drug-likeness (QED) is 0.192. The number of allylic oxidation sites excluding steroid dienone is 1. The van der Waals surface area contributed by atoms with Crippen LogP contribution in [0.4, 0.5) is 5.69 Å². The molecule has 8 atom stereocenters. The van der Waals surface area contributed by atoms with Crippen LogP contribution in [0, 0.1) is 17.8 Å². The molecule has 4 aliphatic rings. The van der Waals surface area contributed by atoms with Crippen LogP contribution in [-0.2, 0) is 11.0 Å². The van der Waals surface area contributed by atoms with Crippen molar-refractivity contribution in [1.29, 1.82) is 0 Å². The number of fused-ring (bicyclic) bond motifs is 7. The molecule has 51 heavy (non-hydrogen) atoms. The number of hydrogen-bond acceptors (Lipinski definition) is 2.